The molecule has 1 amide bonds. The molecule has 1 aliphatic rings. The number of halogens is 1. The van der Waals surface area contributed by atoms with Gasteiger partial charge in [-0.05, 0) is 39.2 Å². The van der Waals surface area contributed by atoms with Crippen molar-refractivity contribution >= 4 is 23.6 Å². The molecule has 0 aliphatic carbocycles. The summed E-state index contributed by atoms with van der Waals surface area (Å²) in [6.45, 7) is 8.01. The van der Waals surface area contributed by atoms with Crippen molar-refractivity contribution < 1.29 is 9.32 Å². The molecule has 2 aromatic heterocycles. The predicted octanol–water partition coefficient (Wildman–Crippen LogP) is 3.76. The average molecular weight is 392 g/mol. The SMILES string of the molecule is CCCCn1nc(C)c(/C=C/C(=O)N2CCC(c3nc(C)no3)CC2)c1Cl. The molecule has 3 rings (SSSR count). The van der Waals surface area contributed by atoms with Gasteiger partial charge in [0.15, 0.2) is 5.82 Å². The van der Waals surface area contributed by atoms with Gasteiger partial charge in [-0.3, -0.25) is 9.48 Å². The zero-order valence-electron chi connectivity index (χ0n) is 16.1. The number of piperidine rings is 1. The Morgan fingerprint density at radius 1 is 1.33 bits per heavy atom. The fraction of sp³-hybridized carbons (Fsp3) is 0.579. The van der Waals surface area contributed by atoms with E-state index in [-0.39, 0.29) is 11.8 Å². The second-order valence-corrected chi connectivity index (χ2v) is 7.34. The van der Waals surface area contributed by atoms with Crippen molar-refractivity contribution in [2.24, 2.45) is 0 Å². The third-order valence-electron chi connectivity index (χ3n) is 4.92. The van der Waals surface area contributed by atoms with Crippen LogP contribution in [0.4, 0.5) is 0 Å². The molecule has 0 spiro atoms. The zero-order chi connectivity index (χ0) is 19.4. The second kappa shape index (κ2) is 8.69. The maximum atomic E-state index is 12.5. The molecule has 0 bridgehead atoms. The second-order valence-electron chi connectivity index (χ2n) is 6.98. The summed E-state index contributed by atoms with van der Waals surface area (Å²) < 4.78 is 7.07. The van der Waals surface area contributed by atoms with E-state index in [0.717, 1.165) is 43.5 Å². The van der Waals surface area contributed by atoms with Gasteiger partial charge in [0, 0.05) is 37.2 Å². The van der Waals surface area contributed by atoms with E-state index in [1.165, 1.54) is 0 Å². The van der Waals surface area contributed by atoms with Crippen molar-refractivity contribution in [3.8, 4) is 0 Å². The molecule has 146 valence electrons. The third-order valence-corrected chi connectivity index (χ3v) is 5.32. The lowest BCUT2D eigenvalue weighted by Gasteiger charge is -2.29. The van der Waals surface area contributed by atoms with Gasteiger partial charge in [-0.1, -0.05) is 30.1 Å². The summed E-state index contributed by atoms with van der Waals surface area (Å²) >= 11 is 6.42. The summed E-state index contributed by atoms with van der Waals surface area (Å²) in [4.78, 5) is 18.7. The molecule has 0 saturated carbocycles. The number of aryl methyl sites for hydroxylation is 3. The number of aromatic nitrogens is 4. The van der Waals surface area contributed by atoms with Gasteiger partial charge in [-0.25, -0.2) is 0 Å². The smallest absolute Gasteiger partial charge is 0.246 e. The number of rotatable bonds is 6. The molecule has 7 nitrogen and oxygen atoms in total. The first kappa shape index (κ1) is 19.6. The van der Waals surface area contributed by atoms with Crippen molar-refractivity contribution in [2.75, 3.05) is 13.1 Å². The van der Waals surface area contributed by atoms with Crippen molar-refractivity contribution in [3.05, 3.63) is 34.2 Å². The average Bonchev–Trinajstić information content (AvgIpc) is 3.21. The minimum Gasteiger partial charge on any atom is -0.339 e. The normalized spacial score (nSPS) is 15.8. The third kappa shape index (κ3) is 4.58. The molecule has 27 heavy (non-hydrogen) atoms. The van der Waals surface area contributed by atoms with Crippen molar-refractivity contribution in [1.29, 1.82) is 0 Å². The molecule has 0 unspecified atom stereocenters. The fourth-order valence-electron chi connectivity index (χ4n) is 3.30. The quantitative estimate of drug-likeness (QED) is 0.700. The molecule has 3 heterocycles. The standard InChI is InChI=1S/C19H26ClN5O2/c1-4-5-10-25-18(20)16(13(2)22-25)6-7-17(26)24-11-8-15(9-12-24)19-21-14(3)23-27-19/h6-7,15H,4-5,8-12H2,1-3H3/b7-6+. The molecule has 1 aliphatic heterocycles. The Morgan fingerprint density at radius 3 is 2.70 bits per heavy atom. The zero-order valence-corrected chi connectivity index (χ0v) is 16.9. The van der Waals surface area contributed by atoms with E-state index in [4.69, 9.17) is 16.1 Å². The molecular formula is C19H26ClN5O2. The summed E-state index contributed by atoms with van der Waals surface area (Å²) in [5, 5.41) is 8.91. The van der Waals surface area contributed by atoms with E-state index in [0.29, 0.717) is 30.0 Å². The predicted molar refractivity (Wildman–Crippen MR) is 104 cm³/mol. The van der Waals surface area contributed by atoms with Crippen LogP contribution in [0.1, 0.15) is 61.5 Å². The van der Waals surface area contributed by atoms with E-state index >= 15 is 0 Å². The molecule has 0 aromatic carbocycles. The number of carbonyl (C=O) groups excluding carboxylic acids is 1. The number of nitrogens with zero attached hydrogens (tertiary/aromatic N) is 5. The molecule has 0 atom stereocenters. The van der Waals surface area contributed by atoms with Gasteiger partial charge < -0.3 is 9.42 Å². The van der Waals surface area contributed by atoms with E-state index in [9.17, 15) is 4.79 Å². The Balaban J connectivity index is 1.59. The molecule has 0 N–H and O–H groups in total. The number of hydrogen-bond acceptors (Lipinski definition) is 5. The van der Waals surface area contributed by atoms with Crippen LogP contribution in [0.2, 0.25) is 5.15 Å². The number of amides is 1. The minimum absolute atomic E-state index is 0.00747. The highest BCUT2D eigenvalue weighted by Crippen LogP contribution is 2.27. The molecule has 8 heteroatoms. The molecule has 1 saturated heterocycles. The van der Waals surface area contributed by atoms with Gasteiger partial charge in [0.05, 0.1) is 5.69 Å². The van der Waals surface area contributed by atoms with Crippen molar-refractivity contribution in [1.82, 2.24) is 24.8 Å². The van der Waals surface area contributed by atoms with Gasteiger partial charge in [-0.15, -0.1) is 0 Å². The Bertz CT molecular complexity index is 818. The van der Waals surface area contributed by atoms with Crippen LogP contribution in [0.25, 0.3) is 6.08 Å². The largest absolute Gasteiger partial charge is 0.339 e. The van der Waals surface area contributed by atoms with Gasteiger partial charge in [0.2, 0.25) is 11.8 Å². The molecule has 1 fully saturated rings. The maximum absolute atomic E-state index is 12.5. The Labute approximate surface area is 164 Å². The molecule has 2 aromatic rings. The lowest BCUT2D eigenvalue weighted by Crippen LogP contribution is -2.36. The lowest BCUT2D eigenvalue weighted by molar-refractivity contribution is -0.127. The first-order chi connectivity index (χ1) is 13.0. The summed E-state index contributed by atoms with van der Waals surface area (Å²) in [5.74, 6) is 1.55. The monoisotopic (exact) mass is 391 g/mol. The van der Waals surface area contributed by atoms with Crippen LogP contribution in [0.5, 0.6) is 0 Å². The van der Waals surface area contributed by atoms with Crippen LogP contribution in [0.15, 0.2) is 10.6 Å². The fourth-order valence-corrected chi connectivity index (χ4v) is 3.62. The van der Waals surface area contributed by atoms with Gasteiger partial charge in [0.1, 0.15) is 5.15 Å². The number of likely N-dealkylation sites (tertiary alicyclic amines) is 1. The van der Waals surface area contributed by atoms with E-state index in [2.05, 4.69) is 22.2 Å². The van der Waals surface area contributed by atoms with Crippen molar-refractivity contribution in [3.63, 3.8) is 0 Å². The number of hydrogen-bond donors (Lipinski definition) is 0. The van der Waals surface area contributed by atoms with Crippen LogP contribution in [-0.2, 0) is 11.3 Å². The Morgan fingerprint density at radius 2 is 2.07 bits per heavy atom. The van der Waals surface area contributed by atoms with E-state index in [1.54, 1.807) is 12.2 Å². The Kier molecular flexibility index (Phi) is 6.31. The van der Waals surface area contributed by atoms with Gasteiger partial charge in [0.25, 0.3) is 0 Å². The highest BCUT2D eigenvalue weighted by Gasteiger charge is 2.26. The molecular weight excluding hydrogens is 366 g/mol. The molecule has 0 radical (unpaired) electrons. The Hall–Kier alpha value is -2.15. The lowest BCUT2D eigenvalue weighted by atomic mass is 9.96. The van der Waals surface area contributed by atoms with Crippen LogP contribution in [-0.4, -0.2) is 43.8 Å². The van der Waals surface area contributed by atoms with Crippen LogP contribution in [0, 0.1) is 13.8 Å². The van der Waals surface area contributed by atoms with E-state index < -0.39 is 0 Å². The first-order valence-corrected chi connectivity index (χ1v) is 9.87. The first-order valence-electron chi connectivity index (χ1n) is 9.49. The van der Waals surface area contributed by atoms with Gasteiger partial charge >= 0.3 is 0 Å². The van der Waals surface area contributed by atoms with Crippen LogP contribution < -0.4 is 0 Å². The minimum atomic E-state index is -0.00747. The highest BCUT2D eigenvalue weighted by molar-refractivity contribution is 6.31. The summed E-state index contributed by atoms with van der Waals surface area (Å²) in [5.41, 5.74) is 1.66. The number of unbranched alkanes of at least 4 members (excludes halogenated alkanes) is 1. The summed E-state index contributed by atoms with van der Waals surface area (Å²) in [6.07, 6.45) is 7.14. The van der Waals surface area contributed by atoms with Crippen LogP contribution in [0.3, 0.4) is 0 Å². The number of carbonyl (C=O) groups is 1. The maximum Gasteiger partial charge on any atom is 0.246 e. The summed E-state index contributed by atoms with van der Waals surface area (Å²) in [6, 6.07) is 0. The van der Waals surface area contributed by atoms with Crippen molar-refractivity contribution in [2.45, 2.75) is 58.9 Å². The van der Waals surface area contributed by atoms with E-state index in [1.807, 2.05) is 23.4 Å². The van der Waals surface area contributed by atoms with Crippen LogP contribution >= 0.6 is 11.6 Å². The summed E-state index contributed by atoms with van der Waals surface area (Å²) in [7, 11) is 0. The topological polar surface area (TPSA) is 77.1 Å². The highest BCUT2D eigenvalue weighted by atomic mass is 35.5. The van der Waals surface area contributed by atoms with Gasteiger partial charge in [-0.2, -0.15) is 10.1 Å².